The summed E-state index contributed by atoms with van der Waals surface area (Å²) in [5.41, 5.74) is 4.72. The van der Waals surface area contributed by atoms with Crippen LogP contribution in [0.15, 0.2) is 42.0 Å². The maximum atomic E-state index is 12.7. The number of para-hydroxylation sites is 1. The molecule has 1 unspecified atom stereocenters. The van der Waals surface area contributed by atoms with Gasteiger partial charge in [0.2, 0.25) is 0 Å². The lowest BCUT2D eigenvalue weighted by atomic mass is 9.79. The molecule has 1 N–H and O–H groups in total. The molecule has 0 saturated carbocycles. The lowest BCUT2D eigenvalue weighted by Gasteiger charge is -2.47. The quantitative estimate of drug-likeness (QED) is 0.465. The zero-order valence-electron chi connectivity index (χ0n) is 18.2. The van der Waals surface area contributed by atoms with E-state index < -0.39 is 5.91 Å². The van der Waals surface area contributed by atoms with E-state index in [9.17, 15) is 10.1 Å². The lowest BCUT2D eigenvalue weighted by Crippen LogP contribution is -2.48. The van der Waals surface area contributed by atoms with Gasteiger partial charge in [0, 0.05) is 28.5 Å². The monoisotopic (exact) mass is 421 g/mol. The maximum Gasteiger partial charge on any atom is 0.266 e. The third-order valence-electron chi connectivity index (χ3n) is 5.88. The average Bonchev–Trinajstić information content (AvgIpc) is 2.68. The molecule has 1 aliphatic rings. The Morgan fingerprint density at radius 1 is 1.37 bits per heavy atom. The average molecular weight is 422 g/mol. The van der Waals surface area contributed by atoms with E-state index in [4.69, 9.17) is 11.6 Å². The van der Waals surface area contributed by atoms with Crippen LogP contribution in [0.1, 0.15) is 56.7 Å². The highest BCUT2D eigenvalue weighted by Gasteiger charge is 2.35. The Kier molecular flexibility index (Phi) is 6.24. The number of anilines is 2. The van der Waals surface area contributed by atoms with Gasteiger partial charge in [-0.15, -0.1) is 0 Å². The predicted molar refractivity (Wildman–Crippen MR) is 125 cm³/mol. The Balaban J connectivity index is 1.98. The molecule has 0 aromatic heterocycles. The fourth-order valence-electron chi connectivity index (χ4n) is 4.44. The van der Waals surface area contributed by atoms with E-state index in [2.05, 4.69) is 37.9 Å². The second-order valence-electron chi connectivity index (χ2n) is 8.53. The van der Waals surface area contributed by atoms with Gasteiger partial charge < -0.3 is 10.2 Å². The zero-order chi connectivity index (χ0) is 22.1. The highest BCUT2D eigenvalue weighted by Crippen LogP contribution is 2.45. The summed E-state index contributed by atoms with van der Waals surface area (Å²) in [6, 6.07) is 13.5. The molecule has 2 aromatic carbocycles. The molecule has 1 amide bonds. The SMILES string of the molecule is CCN1c2cc(Cl)c(/C=C(\C#N)C(=O)Nc3ccccc3C)cc2C(C)CC1(C)C. The fourth-order valence-corrected chi connectivity index (χ4v) is 4.65. The number of rotatable bonds is 4. The lowest BCUT2D eigenvalue weighted by molar-refractivity contribution is -0.112. The Labute approximate surface area is 184 Å². The minimum atomic E-state index is -0.440. The molecule has 1 atom stereocenters. The smallest absolute Gasteiger partial charge is 0.266 e. The van der Waals surface area contributed by atoms with E-state index in [0.29, 0.717) is 22.2 Å². The maximum absolute atomic E-state index is 12.7. The molecule has 0 saturated heterocycles. The third kappa shape index (κ3) is 4.22. The molecule has 156 valence electrons. The number of aryl methyl sites for hydroxylation is 1. The van der Waals surface area contributed by atoms with Crippen molar-refractivity contribution in [2.45, 2.75) is 52.5 Å². The van der Waals surface area contributed by atoms with E-state index in [1.54, 1.807) is 6.08 Å². The molecule has 1 aliphatic heterocycles. The van der Waals surface area contributed by atoms with Crippen LogP contribution in [0.3, 0.4) is 0 Å². The summed E-state index contributed by atoms with van der Waals surface area (Å²) < 4.78 is 0. The minimum absolute atomic E-state index is 0.0243. The molecule has 2 aromatic rings. The van der Waals surface area contributed by atoms with Gasteiger partial charge in [0.25, 0.3) is 5.91 Å². The highest BCUT2D eigenvalue weighted by molar-refractivity contribution is 6.32. The molecule has 0 bridgehead atoms. The Bertz CT molecular complexity index is 1050. The van der Waals surface area contributed by atoms with E-state index in [0.717, 1.165) is 24.2 Å². The minimum Gasteiger partial charge on any atom is -0.366 e. The number of nitriles is 1. The van der Waals surface area contributed by atoms with E-state index >= 15 is 0 Å². The second kappa shape index (κ2) is 8.53. The molecule has 0 aliphatic carbocycles. The zero-order valence-corrected chi connectivity index (χ0v) is 19.0. The Hall–Kier alpha value is -2.77. The van der Waals surface area contributed by atoms with Crippen molar-refractivity contribution < 1.29 is 4.79 Å². The van der Waals surface area contributed by atoms with Crippen LogP contribution in [-0.4, -0.2) is 18.0 Å². The second-order valence-corrected chi connectivity index (χ2v) is 8.94. The van der Waals surface area contributed by atoms with Crippen molar-refractivity contribution in [3.63, 3.8) is 0 Å². The number of nitrogens with one attached hydrogen (secondary N) is 1. The number of benzene rings is 2. The molecule has 0 radical (unpaired) electrons. The fraction of sp³-hybridized carbons (Fsp3) is 0.360. The Morgan fingerprint density at radius 2 is 2.07 bits per heavy atom. The van der Waals surface area contributed by atoms with Crippen molar-refractivity contribution >= 4 is 35.0 Å². The molecular weight excluding hydrogens is 394 g/mol. The molecule has 1 heterocycles. The standard InChI is InChI=1S/C25H28ClN3O/c1-6-29-23-13-21(26)18(12-20(23)17(3)14-25(29,4)5)11-19(15-27)24(30)28-22-10-8-7-9-16(22)2/h7-13,17H,6,14H2,1-5H3,(H,28,30)/b19-11+. The first-order chi connectivity index (χ1) is 14.2. The summed E-state index contributed by atoms with van der Waals surface area (Å²) in [4.78, 5) is 15.1. The van der Waals surface area contributed by atoms with Gasteiger partial charge in [-0.25, -0.2) is 0 Å². The number of hydrogen-bond donors (Lipinski definition) is 1. The summed E-state index contributed by atoms with van der Waals surface area (Å²) in [6.45, 7) is 11.7. The number of halogens is 1. The van der Waals surface area contributed by atoms with E-state index in [1.807, 2.05) is 49.4 Å². The van der Waals surface area contributed by atoms with Gasteiger partial charge in [-0.3, -0.25) is 4.79 Å². The highest BCUT2D eigenvalue weighted by atomic mass is 35.5. The first kappa shape index (κ1) is 21.9. The largest absolute Gasteiger partial charge is 0.366 e. The normalized spacial score (nSPS) is 17.8. The van der Waals surface area contributed by atoms with Gasteiger partial charge in [0.05, 0.1) is 0 Å². The van der Waals surface area contributed by atoms with Crippen LogP contribution in [-0.2, 0) is 4.79 Å². The number of fused-ring (bicyclic) bond motifs is 1. The first-order valence-corrected chi connectivity index (χ1v) is 10.7. The van der Waals surface area contributed by atoms with Crippen LogP contribution >= 0.6 is 11.6 Å². The molecule has 5 heteroatoms. The predicted octanol–water partition coefficient (Wildman–Crippen LogP) is 6.31. The van der Waals surface area contributed by atoms with Crippen LogP contribution in [0.5, 0.6) is 0 Å². The molecule has 0 fully saturated rings. The summed E-state index contributed by atoms with van der Waals surface area (Å²) in [5, 5.41) is 13.0. The molecular formula is C25H28ClN3O. The summed E-state index contributed by atoms with van der Waals surface area (Å²) >= 11 is 6.60. The van der Waals surface area contributed by atoms with Crippen molar-refractivity contribution in [1.29, 1.82) is 5.26 Å². The number of carbonyl (C=O) groups is 1. The van der Waals surface area contributed by atoms with Crippen LogP contribution in [0, 0.1) is 18.3 Å². The van der Waals surface area contributed by atoms with Crippen molar-refractivity contribution in [3.05, 3.63) is 63.7 Å². The molecule has 3 rings (SSSR count). The van der Waals surface area contributed by atoms with Gasteiger partial charge in [-0.2, -0.15) is 5.26 Å². The number of carbonyl (C=O) groups excluding carboxylic acids is 1. The Morgan fingerprint density at radius 3 is 2.70 bits per heavy atom. The van der Waals surface area contributed by atoms with Crippen LogP contribution in [0.25, 0.3) is 6.08 Å². The summed E-state index contributed by atoms with van der Waals surface area (Å²) in [6.07, 6.45) is 2.61. The van der Waals surface area contributed by atoms with E-state index in [-0.39, 0.29) is 11.1 Å². The van der Waals surface area contributed by atoms with Gasteiger partial charge in [-0.1, -0.05) is 36.7 Å². The number of hydrogen-bond acceptors (Lipinski definition) is 3. The molecule has 4 nitrogen and oxygen atoms in total. The van der Waals surface area contributed by atoms with Gasteiger partial charge in [0.15, 0.2) is 0 Å². The van der Waals surface area contributed by atoms with Gasteiger partial charge in [-0.05, 0) is 81.0 Å². The van der Waals surface area contributed by atoms with Gasteiger partial charge in [0.1, 0.15) is 11.6 Å². The molecule has 0 spiro atoms. The third-order valence-corrected chi connectivity index (χ3v) is 6.21. The van der Waals surface area contributed by atoms with Crippen molar-refractivity contribution in [2.24, 2.45) is 0 Å². The van der Waals surface area contributed by atoms with Gasteiger partial charge >= 0.3 is 0 Å². The van der Waals surface area contributed by atoms with Crippen molar-refractivity contribution in [2.75, 3.05) is 16.8 Å². The van der Waals surface area contributed by atoms with Crippen LogP contribution < -0.4 is 10.2 Å². The van der Waals surface area contributed by atoms with Crippen LogP contribution in [0.4, 0.5) is 11.4 Å². The number of nitrogens with zero attached hydrogens (tertiary/aromatic N) is 2. The first-order valence-electron chi connectivity index (χ1n) is 10.3. The summed E-state index contributed by atoms with van der Waals surface area (Å²) in [7, 11) is 0. The van der Waals surface area contributed by atoms with Crippen molar-refractivity contribution in [1.82, 2.24) is 0 Å². The number of amides is 1. The molecule has 30 heavy (non-hydrogen) atoms. The summed E-state index contributed by atoms with van der Waals surface area (Å²) in [5.74, 6) is -0.0847. The van der Waals surface area contributed by atoms with Crippen LogP contribution in [0.2, 0.25) is 5.02 Å². The van der Waals surface area contributed by atoms with E-state index in [1.165, 1.54) is 5.56 Å². The van der Waals surface area contributed by atoms with Crippen molar-refractivity contribution in [3.8, 4) is 6.07 Å². The topological polar surface area (TPSA) is 56.1 Å².